The van der Waals surface area contributed by atoms with Crippen molar-refractivity contribution in [3.63, 3.8) is 0 Å². The molecule has 19 heavy (non-hydrogen) atoms. The van der Waals surface area contributed by atoms with Crippen molar-refractivity contribution in [2.45, 2.75) is 30.7 Å². The molecule has 0 saturated heterocycles. The molecule has 0 unspecified atom stereocenters. The van der Waals surface area contributed by atoms with Gasteiger partial charge >= 0.3 is 5.97 Å². The molecule has 2 rings (SSSR count). The molecular formula is C11H14N4O3S. The first kappa shape index (κ1) is 13.6. The summed E-state index contributed by atoms with van der Waals surface area (Å²) < 4.78 is 6.42. The summed E-state index contributed by atoms with van der Waals surface area (Å²) in [5, 5.41) is 8.07. The Balaban J connectivity index is 2.45. The average molecular weight is 282 g/mol. The lowest BCUT2D eigenvalue weighted by atomic mass is 10.3. The van der Waals surface area contributed by atoms with E-state index in [4.69, 9.17) is 0 Å². The summed E-state index contributed by atoms with van der Waals surface area (Å²) in [4.78, 5) is 25.5. The Kier molecular flexibility index (Phi) is 3.89. The molecule has 2 aromatic heterocycles. The zero-order valence-electron chi connectivity index (χ0n) is 10.8. The van der Waals surface area contributed by atoms with E-state index in [1.54, 1.807) is 11.3 Å². The van der Waals surface area contributed by atoms with Crippen molar-refractivity contribution < 1.29 is 9.53 Å². The van der Waals surface area contributed by atoms with Crippen LogP contribution in [0.5, 0.6) is 0 Å². The van der Waals surface area contributed by atoms with Crippen LogP contribution in [-0.2, 0) is 16.0 Å². The molecule has 8 heteroatoms. The van der Waals surface area contributed by atoms with Gasteiger partial charge in [-0.3, -0.25) is 19.0 Å². The summed E-state index contributed by atoms with van der Waals surface area (Å²) >= 11 is 1.24. The van der Waals surface area contributed by atoms with Gasteiger partial charge in [0.05, 0.1) is 7.11 Å². The Labute approximate surface area is 113 Å². The Morgan fingerprint density at radius 3 is 2.95 bits per heavy atom. The average Bonchev–Trinajstić information content (AvgIpc) is 2.79. The number of hydrogen-bond acceptors (Lipinski definition) is 6. The lowest BCUT2D eigenvalue weighted by Gasteiger charge is -2.08. The Bertz CT molecular complexity index is 663. The number of H-pyrrole nitrogens is 1. The van der Waals surface area contributed by atoms with Crippen molar-refractivity contribution in [1.29, 1.82) is 0 Å². The summed E-state index contributed by atoms with van der Waals surface area (Å²) in [5.41, 5.74) is 0.581. The number of carbonyl (C=O) groups is 1. The predicted octanol–water partition coefficient (Wildman–Crippen LogP) is 0.634. The van der Waals surface area contributed by atoms with E-state index in [-0.39, 0.29) is 11.5 Å². The maximum atomic E-state index is 11.4. The number of methoxy groups -OCH3 is 1. The molecule has 7 nitrogen and oxygen atoms in total. The number of nitrogens with one attached hydrogen (secondary N) is 1. The topological polar surface area (TPSA) is 89.4 Å². The number of fused-ring (bicyclic) bond motifs is 1. The molecule has 102 valence electrons. The molecule has 0 saturated carbocycles. The van der Waals surface area contributed by atoms with E-state index >= 15 is 0 Å². The Morgan fingerprint density at radius 1 is 1.58 bits per heavy atom. The van der Waals surface area contributed by atoms with Gasteiger partial charge in [0.2, 0.25) is 5.78 Å². The van der Waals surface area contributed by atoms with Crippen molar-refractivity contribution in [3.8, 4) is 0 Å². The van der Waals surface area contributed by atoms with Crippen molar-refractivity contribution in [3.05, 3.63) is 22.1 Å². The second kappa shape index (κ2) is 5.43. The van der Waals surface area contributed by atoms with Crippen LogP contribution in [0.2, 0.25) is 0 Å². The van der Waals surface area contributed by atoms with Gasteiger partial charge in [-0.25, -0.2) is 0 Å². The van der Waals surface area contributed by atoms with Crippen molar-refractivity contribution in [2.24, 2.45) is 0 Å². The van der Waals surface area contributed by atoms with Crippen molar-refractivity contribution in [2.75, 3.05) is 7.11 Å². The predicted molar refractivity (Wildman–Crippen MR) is 70.3 cm³/mol. The van der Waals surface area contributed by atoms with Crippen LogP contribution in [0.1, 0.15) is 19.5 Å². The third kappa shape index (κ3) is 2.62. The summed E-state index contributed by atoms with van der Waals surface area (Å²) in [7, 11) is 1.34. The van der Waals surface area contributed by atoms with Crippen LogP contribution in [0.15, 0.2) is 16.0 Å². The molecule has 0 aromatic carbocycles. The molecule has 0 aliphatic heterocycles. The minimum atomic E-state index is -0.394. The Hall–Kier alpha value is -1.83. The monoisotopic (exact) mass is 282 g/mol. The van der Waals surface area contributed by atoms with E-state index in [0.717, 1.165) is 5.69 Å². The number of esters is 1. The number of aromatic amines is 1. The summed E-state index contributed by atoms with van der Waals surface area (Å²) in [5.74, 6) is 0.0492. The first-order valence-electron chi connectivity index (χ1n) is 5.78. The number of aromatic nitrogens is 4. The first-order chi connectivity index (χ1) is 9.06. The van der Waals surface area contributed by atoms with Crippen LogP contribution in [0.3, 0.4) is 0 Å². The quantitative estimate of drug-likeness (QED) is 0.653. The minimum Gasteiger partial charge on any atom is -0.468 e. The smallest absolute Gasteiger partial charge is 0.318 e. The summed E-state index contributed by atoms with van der Waals surface area (Å²) in [6.45, 7) is 3.67. The molecule has 2 aromatic rings. The fraction of sp³-hybridized carbons (Fsp3) is 0.455. The number of aryl methyl sites for hydroxylation is 1. The zero-order valence-corrected chi connectivity index (χ0v) is 11.7. The van der Waals surface area contributed by atoms with E-state index < -0.39 is 5.25 Å². The number of thioether (sulfide) groups is 1. The number of nitrogens with zero attached hydrogens (tertiary/aromatic N) is 3. The van der Waals surface area contributed by atoms with E-state index in [1.165, 1.54) is 24.9 Å². The molecule has 0 aliphatic carbocycles. The van der Waals surface area contributed by atoms with Gasteiger partial charge in [0, 0.05) is 11.8 Å². The highest BCUT2D eigenvalue weighted by Crippen LogP contribution is 2.23. The molecular weight excluding hydrogens is 268 g/mol. The van der Waals surface area contributed by atoms with Gasteiger partial charge in [-0.2, -0.15) is 0 Å². The van der Waals surface area contributed by atoms with Crippen molar-refractivity contribution in [1.82, 2.24) is 19.6 Å². The van der Waals surface area contributed by atoms with Crippen LogP contribution < -0.4 is 5.56 Å². The fourth-order valence-corrected chi connectivity index (χ4v) is 2.59. The molecule has 0 aliphatic rings. The van der Waals surface area contributed by atoms with Gasteiger partial charge in [-0.1, -0.05) is 18.7 Å². The minimum absolute atomic E-state index is 0.214. The van der Waals surface area contributed by atoms with E-state index in [0.29, 0.717) is 17.4 Å². The standard InChI is InChI=1S/C11H14N4O3S/c1-4-7-5-8(16)12-10-13-14-11(15(7)10)19-6(2)9(17)18-3/h5-6H,4H2,1-3H3,(H,12,13,16)/t6-/m1/s1. The molecule has 0 spiro atoms. The van der Waals surface area contributed by atoms with Gasteiger partial charge in [0.15, 0.2) is 5.16 Å². The van der Waals surface area contributed by atoms with Gasteiger partial charge in [-0.05, 0) is 13.3 Å². The lowest BCUT2D eigenvalue weighted by Crippen LogP contribution is -2.16. The van der Waals surface area contributed by atoms with Gasteiger partial charge in [0.1, 0.15) is 5.25 Å². The van der Waals surface area contributed by atoms with Crippen LogP contribution in [0.25, 0.3) is 5.78 Å². The highest BCUT2D eigenvalue weighted by Gasteiger charge is 2.19. The van der Waals surface area contributed by atoms with E-state index in [2.05, 4.69) is 19.9 Å². The van der Waals surface area contributed by atoms with Gasteiger partial charge in [0.25, 0.3) is 5.56 Å². The number of carbonyl (C=O) groups excluding carboxylic acids is 1. The normalized spacial score (nSPS) is 12.6. The third-order valence-corrected chi connectivity index (χ3v) is 3.65. The second-order valence-electron chi connectivity index (χ2n) is 3.90. The van der Waals surface area contributed by atoms with E-state index in [1.807, 2.05) is 6.92 Å². The van der Waals surface area contributed by atoms with Crippen LogP contribution in [-0.4, -0.2) is 37.9 Å². The largest absolute Gasteiger partial charge is 0.468 e. The van der Waals surface area contributed by atoms with E-state index in [9.17, 15) is 9.59 Å². The number of hydrogen-bond donors (Lipinski definition) is 1. The van der Waals surface area contributed by atoms with Gasteiger partial charge in [-0.15, -0.1) is 10.2 Å². The molecule has 0 bridgehead atoms. The van der Waals surface area contributed by atoms with Gasteiger partial charge < -0.3 is 4.74 Å². The molecule has 2 heterocycles. The summed E-state index contributed by atoms with van der Waals surface area (Å²) in [6, 6.07) is 1.50. The van der Waals surface area contributed by atoms with Crippen molar-refractivity contribution >= 4 is 23.5 Å². The highest BCUT2D eigenvalue weighted by molar-refractivity contribution is 8.00. The third-order valence-electron chi connectivity index (χ3n) is 2.63. The molecule has 0 fully saturated rings. The fourth-order valence-electron chi connectivity index (χ4n) is 1.68. The number of ether oxygens (including phenoxy) is 1. The lowest BCUT2D eigenvalue weighted by molar-refractivity contribution is -0.139. The Morgan fingerprint density at radius 2 is 2.32 bits per heavy atom. The molecule has 0 amide bonds. The maximum Gasteiger partial charge on any atom is 0.318 e. The molecule has 1 N–H and O–H groups in total. The first-order valence-corrected chi connectivity index (χ1v) is 6.66. The zero-order chi connectivity index (χ0) is 14.0. The summed E-state index contributed by atoms with van der Waals surface area (Å²) in [6.07, 6.45) is 0.665. The maximum absolute atomic E-state index is 11.4. The van der Waals surface area contributed by atoms with Crippen LogP contribution in [0.4, 0.5) is 0 Å². The molecule has 1 atom stereocenters. The van der Waals surface area contributed by atoms with Crippen LogP contribution >= 0.6 is 11.8 Å². The van der Waals surface area contributed by atoms with Crippen LogP contribution in [0, 0.1) is 0 Å². The highest BCUT2D eigenvalue weighted by atomic mass is 32.2. The second-order valence-corrected chi connectivity index (χ2v) is 5.21. The SMILES string of the molecule is CCc1cc(=O)[nH]c2nnc(S[C@H](C)C(=O)OC)n12. The molecule has 0 radical (unpaired) electrons. The number of rotatable bonds is 4.